The van der Waals surface area contributed by atoms with E-state index in [0.717, 1.165) is 0 Å². The Balaban J connectivity index is 3.09. The van der Waals surface area contributed by atoms with Gasteiger partial charge < -0.3 is 9.84 Å². The predicted molar refractivity (Wildman–Crippen MR) is 67.3 cm³/mol. The molecule has 0 aromatic carbocycles. The van der Waals surface area contributed by atoms with Gasteiger partial charge in [0.1, 0.15) is 5.41 Å². The molecule has 0 amide bonds. The Morgan fingerprint density at radius 2 is 2.11 bits per heavy atom. The summed E-state index contributed by atoms with van der Waals surface area (Å²) < 4.78 is 4.89. The largest absolute Gasteiger partial charge is 0.481 e. The van der Waals surface area contributed by atoms with Gasteiger partial charge in [-0.25, -0.2) is 4.79 Å². The monoisotopic (exact) mass is 253 g/mol. The van der Waals surface area contributed by atoms with Gasteiger partial charge in [-0.3, -0.25) is 9.79 Å². The third-order valence-electron chi connectivity index (χ3n) is 3.25. The number of carbonyl (C=O) groups excluding carboxylic acids is 1. The zero-order valence-corrected chi connectivity index (χ0v) is 11.2. The van der Waals surface area contributed by atoms with Crippen molar-refractivity contribution in [2.75, 3.05) is 6.61 Å². The summed E-state index contributed by atoms with van der Waals surface area (Å²) in [5.74, 6) is -1.47. The third-order valence-corrected chi connectivity index (χ3v) is 3.25. The smallest absolute Gasteiger partial charge is 0.335 e. The first-order valence-corrected chi connectivity index (χ1v) is 5.88. The number of esters is 1. The summed E-state index contributed by atoms with van der Waals surface area (Å²) in [6.07, 6.45) is 2.90. The number of carbonyl (C=O) groups is 2. The molecule has 1 unspecified atom stereocenters. The fourth-order valence-corrected chi connectivity index (χ4v) is 1.91. The van der Waals surface area contributed by atoms with E-state index in [2.05, 4.69) is 4.99 Å². The number of aliphatic imine (C=N–C) groups is 1. The van der Waals surface area contributed by atoms with Crippen LogP contribution >= 0.6 is 0 Å². The zero-order valence-electron chi connectivity index (χ0n) is 11.2. The Bertz CT molecular complexity index is 417. The molecule has 0 saturated carbocycles. The molecule has 0 aromatic heterocycles. The first-order chi connectivity index (χ1) is 8.24. The highest BCUT2D eigenvalue weighted by molar-refractivity contribution is 6.00. The molecule has 1 heterocycles. The van der Waals surface area contributed by atoms with E-state index in [4.69, 9.17) is 4.74 Å². The third kappa shape index (κ3) is 2.44. The summed E-state index contributed by atoms with van der Waals surface area (Å²) in [4.78, 5) is 27.2. The summed E-state index contributed by atoms with van der Waals surface area (Å²) in [6, 6.07) is 0. The van der Waals surface area contributed by atoms with Gasteiger partial charge >= 0.3 is 11.9 Å². The average molecular weight is 253 g/mol. The van der Waals surface area contributed by atoms with Crippen LogP contribution in [-0.2, 0) is 14.3 Å². The average Bonchev–Trinajstić information content (AvgIpc) is 2.27. The first kappa shape index (κ1) is 14.4. The lowest BCUT2D eigenvalue weighted by atomic mass is 9.63. The maximum absolute atomic E-state index is 11.7. The second-order valence-corrected chi connectivity index (χ2v) is 5.36. The van der Waals surface area contributed by atoms with E-state index < -0.39 is 22.8 Å². The molecule has 0 aliphatic carbocycles. The number of carboxylic acids is 1. The van der Waals surface area contributed by atoms with Crippen LogP contribution in [0, 0.1) is 10.8 Å². The summed E-state index contributed by atoms with van der Waals surface area (Å²) in [5.41, 5.74) is -1.42. The molecule has 100 valence electrons. The summed E-state index contributed by atoms with van der Waals surface area (Å²) in [7, 11) is 0. The lowest BCUT2D eigenvalue weighted by Crippen LogP contribution is -2.46. The molecular formula is C13H19NO4. The highest BCUT2D eigenvalue weighted by Crippen LogP contribution is 2.44. The topological polar surface area (TPSA) is 76.0 Å². The van der Waals surface area contributed by atoms with Gasteiger partial charge in [-0.05, 0) is 12.3 Å². The van der Waals surface area contributed by atoms with E-state index in [1.165, 1.54) is 12.4 Å². The number of hydrogen-bond donors (Lipinski definition) is 1. The van der Waals surface area contributed by atoms with Crippen molar-refractivity contribution in [3.8, 4) is 0 Å². The number of aliphatic carboxylic acids is 1. The van der Waals surface area contributed by atoms with Crippen molar-refractivity contribution in [3.63, 3.8) is 0 Å². The molecule has 0 bridgehead atoms. The highest BCUT2D eigenvalue weighted by atomic mass is 16.5. The molecule has 0 radical (unpaired) electrons. The molecule has 0 fully saturated rings. The van der Waals surface area contributed by atoms with Gasteiger partial charge in [-0.15, -0.1) is 0 Å². The fourth-order valence-electron chi connectivity index (χ4n) is 1.91. The lowest BCUT2D eigenvalue weighted by molar-refractivity contribution is -0.150. The van der Waals surface area contributed by atoms with Crippen LogP contribution in [-0.4, -0.2) is 29.9 Å². The van der Waals surface area contributed by atoms with Gasteiger partial charge in [0.2, 0.25) is 0 Å². The maximum atomic E-state index is 11.7. The summed E-state index contributed by atoms with van der Waals surface area (Å²) in [6.45, 7) is 7.43. The number of ether oxygens (including phenoxy) is 1. The molecule has 18 heavy (non-hydrogen) atoms. The summed E-state index contributed by atoms with van der Waals surface area (Å²) >= 11 is 0. The molecule has 1 rings (SSSR count). The van der Waals surface area contributed by atoms with Crippen molar-refractivity contribution >= 4 is 18.2 Å². The Morgan fingerprint density at radius 3 is 2.56 bits per heavy atom. The Hall–Kier alpha value is -1.65. The van der Waals surface area contributed by atoms with Crippen molar-refractivity contribution in [2.24, 2.45) is 15.8 Å². The minimum Gasteiger partial charge on any atom is -0.481 e. The quantitative estimate of drug-likeness (QED) is 0.781. The Morgan fingerprint density at radius 1 is 1.50 bits per heavy atom. The highest BCUT2D eigenvalue weighted by Gasteiger charge is 2.50. The van der Waals surface area contributed by atoms with Gasteiger partial charge in [-0.1, -0.05) is 20.8 Å². The van der Waals surface area contributed by atoms with E-state index in [1.54, 1.807) is 6.92 Å². The van der Waals surface area contributed by atoms with E-state index in [1.807, 2.05) is 20.8 Å². The maximum Gasteiger partial charge on any atom is 0.335 e. The standard InChI is InChI=1S/C13H19NO4/c1-5-18-10(15)9-6-13(11(16)17,8-14-7-9)12(2,3)4/h7-8H,5-6H2,1-4H3,(H,16,17). The molecule has 1 atom stereocenters. The molecule has 5 heteroatoms. The van der Waals surface area contributed by atoms with Crippen molar-refractivity contribution in [3.05, 3.63) is 11.8 Å². The van der Waals surface area contributed by atoms with Crippen molar-refractivity contribution in [1.82, 2.24) is 0 Å². The molecule has 0 spiro atoms. The minimum absolute atomic E-state index is 0.105. The number of nitrogens with zero attached hydrogens (tertiary/aromatic N) is 1. The molecule has 1 N–H and O–H groups in total. The minimum atomic E-state index is -1.18. The zero-order chi connectivity index (χ0) is 14.0. The molecular weight excluding hydrogens is 234 g/mol. The van der Waals surface area contributed by atoms with Crippen LogP contribution in [0.4, 0.5) is 0 Å². The predicted octanol–water partition coefficient (Wildman–Crippen LogP) is 2.02. The van der Waals surface area contributed by atoms with E-state index in [-0.39, 0.29) is 13.0 Å². The van der Waals surface area contributed by atoms with Crippen molar-refractivity contribution in [2.45, 2.75) is 34.1 Å². The van der Waals surface area contributed by atoms with Gasteiger partial charge in [0.15, 0.2) is 0 Å². The second-order valence-electron chi connectivity index (χ2n) is 5.36. The van der Waals surface area contributed by atoms with Crippen LogP contribution in [0.3, 0.4) is 0 Å². The number of rotatable bonds is 3. The molecule has 5 nitrogen and oxygen atoms in total. The lowest BCUT2D eigenvalue weighted by Gasteiger charge is -2.39. The van der Waals surface area contributed by atoms with Gasteiger partial charge in [0.25, 0.3) is 0 Å². The van der Waals surface area contributed by atoms with Gasteiger partial charge in [0, 0.05) is 18.8 Å². The second kappa shape index (κ2) is 4.92. The van der Waals surface area contributed by atoms with Crippen molar-refractivity contribution in [1.29, 1.82) is 0 Å². The van der Waals surface area contributed by atoms with Crippen LogP contribution in [0.1, 0.15) is 34.1 Å². The fraction of sp³-hybridized carbons (Fsp3) is 0.615. The molecule has 1 aliphatic rings. The van der Waals surface area contributed by atoms with E-state index in [0.29, 0.717) is 5.57 Å². The van der Waals surface area contributed by atoms with E-state index >= 15 is 0 Å². The van der Waals surface area contributed by atoms with Gasteiger partial charge in [0.05, 0.1) is 12.2 Å². The SMILES string of the molecule is CCOC(=O)C1=CN=CC(C(=O)O)(C(C)(C)C)C1. The van der Waals surface area contributed by atoms with Crippen LogP contribution in [0.15, 0.2) is 16.8 Å². The Labute approximate surface area is 107 Å². The Kier molecular flexibility index (Phi) is 3.94. The molecule has 0 saturated heterocycles. The van der Waals surface area contributed by atoms with Crippen LogP contribution in [0.25, 0.3) is 0 Å². The van der Waals surface area contributed by atoms with Crippen LogP contribution in [0.2, 0.25) is 0 Å². The number of hydrogen-bond acceptors (Lipinski definition) is 4. The van der Waals surface area contributed by atoms with Crippen LogP contribution < -0.4 is 0 Å². The normalized spacial score (nSPS) is 23.4. The van der Waals surface area contributed by atoms with Gasteiger partial charge in [-0.2, -0.15) is 0 Å². The first-order valence-electron chi connectivity index (χ1n) is 5.88. The molecule has 0 aromatic rings. The van der Waals surface area contributed by atoms with Crippen molar-refractivity contribution < 1.29 is 19.4 Å². The van der Waals surface area contributed by atoms with Crippen LogP contribution in [0.5, 0.6) is 0 Å². The molecule has 1 aliphatic heterocycles. The number of carboxylic acid groups (broad SMARTS) is 1. The van der Waals surface area contributed by atoms with E-state index in [9.17, 15) is 14.7 Å². The summed E-state index contributed by atoms with van der Waals surface area (Å²) in [5, 5.41) is 9.48.